The molecule has 2 heterocycles. The summed E-state index contributed by atoms with van der Waals surface area (Å²) in [5, 5.41) is 13.2. The van der Waals surface area contributed by atoms with Crippen molar-refractivity contribution in [3.63, 3.8) is 0 Å². The Balaban J connectivity index is 2.28. The average Bonchev–Trinajstić information content (AvgIpc) is 2.76. The lowest BCUT2D eigenvalue weighted by molar-refractivity contribution is -0.385. The number of thiophene rings is 1. The Labute approximate surface area is 124 Å². The van der Waals surface area contributed by atoms with Gasteiger partial charge in [-0.2, -0.15) is 0 Å². The van der Waals surface area contributed by atoms with E-state index < -0.39 is 16.4 Å². The van der Waals surface area contributed by atoms with Gasteiger partial charge in [-0.3, -0.25) is 19.7 Å². The SMILES string of the molecule is Cc1sc(C(=O)Nc2cc(Br)c[nH]c2=O)cc1[N+](=O)[O-]. The molecular formula is C11H8BrN3O4S. The normalized spacial score (nSPS) is 10.3. The van der Waals surface area contributed by atoms with Gasteiger partial charge in [-0.15, -0.1) is 11.3 Å². The van der Waals surface area contributed by atoms with Crippen molar-refractivity contribution in [2.75, 3.05) is 5.32 Å². The summed E-state index contributed by atoms with van der Waals surface area (Å²) in [5.74, 6) is -0.560. The van der Waals surface area contributed by atoms with Gasteiger partial charge < -0.3 is 10.3 Å². The van der Waals surface area contributed by atoms with Crippen molar-refractivity contribution in [1.29, 1.82) is 0 Å². The Morgan fingerprint density at radius 2 is 2.20 bits per heavy atom. The summed E-state index contributed by atoms with van der Waals surface area (Å²) < 4.78 is 0.598. The van der Waals surface area contributed by atoms with Crippen molar-refractivity contribution < 1.29 is 9.72 Å². The maximum absolute atomic E-state index is 12.0. The number of pyridine rings is 1. The minimum atomic E-state index is -0.560. The Kier molecular flexibility index (Phi) is 4.00. The van der Waals surface area contributed by atoms with Crippen LogP contribution in [0.2, 0.25) is 0 Å². The van der Waals surface area contributed by atoms with Crippen LogP contribution in [0.1, 0.15) is 14.5 Å². The molecule has 0 aliphatic heterocycles. The Morgan fingerprint density at radius 3 is 2.80 bits per heavy atom. The van der Waals surface area contributed by atoms with Crippen LogP contribution in [0.5, 0.6) is 0 Å². The average molecular weight is 358 g/mol. The maximum atomic E-state index is 12.0. The fraction of sp³-hybridized carbons (Fsp3) is 0.0909. The predicted molar refractivity (Wildman–Crippen MR) is 78.4 cm³/mol. The lowest BCUT2D eigenvalue weighted by Gasteiger charge is -2.02. The number of nitrogens with zero attached hydrogens (tertiary/aromatic N) is 1. The number of halogens is 1. The topological polar surface area (TPSA) is 105 Å². The molecule has 20 heavy (non-hydrogen) atoms. The maximum Gasteiger partial charge on any atom is 0.283 e. The molecule has 104 valence electrons. The largest absolute Gasteiger partial charge is 0.326 e. The third-order valence-corrected chi connectivity index (χ3v) is 3.92. The number of carbonyl (C=O) groups is 1. The number of aromatic amines is 1. The van der Waals surface area contributed by atoms with Crippen LogP contribution >= 0.6 is 27.3 Å². The number of carbonyl (C=O) groups excluding carboxylic acids is 1. The van der Waals surface area contributed by atoms with E-state index >= 15 is 0 Å². The van der Waals surface area contributed by atoms with Gasteiger partial charge in [0.2, 0.25) is 0 Å². The van der Waals surface area contributed by atoms with E-state index in [0.29, 0.717) is 9.35 Å². The number of aromatic nitrogens is 1. The number of H-pyrrole nitrogens is 1. The second-order valence-corrected chi connectivity index (χ2v) is 6.00. The Morgan fingerprint density at radius 1 is 1.50 bits per heavy atom. The molecule has 0 aromatic carbocycles. The highest BCUT2D eigenvalue weighted by atomic mass is 79.9. The lowest BCUT2D eigenvalue weighted by atomic mass is 10.3. The summed E-state index contributed by atoms with van der Waals surface area (Å²) >= 11 is 4.17. The fourth-order valence-electron chi connectivity index (χ4n) is 1.50. The highest BCUT2D eigenvalue weighted by molar-refractivity contribution is 9.10. The van der Waals surface area contributed by atoms with Crippen LogP contribution in [0.3, 0.4) is 0 Å². The summed E-state index contributed by atoms with van der Waals surface area (Å²) in [5.41, 5.74) is -0.495. The third kappa shape index (κ3) is 2.94. The first-order valence-electron chi connectivity index (χ1n) is 5.33. The van der Waals surface area contributed by atoms with Crippen LogP contribution < -0.4 is 10.9 Å². The smallest absolute Gasteiger partial charge is 0.283 e. The van der Waals surface area contributed by atoms with Gasteiger partial charge in [0.15, 0.2) is 0 Å². The second-order valence-electron chi connectivity index (χ2n) is 3.82. The van der Waals surface area contributed by atoms with E-state index in [-0.39, 0.29) is 16.3 Å². The second kappa shape index (κ2) is 5.55. The number of hydrogen-bond acceptors (Lipinski definition) is 5. The van der Waals surface area contributed by atoms with Crippen LogP contribution in [0.15, 0.2) is 27.6 Å². The van der Waals surface area contributed by atoms with Gasteiger partial charge in [0.1, 0.15) is 5.69 Å². The molecule has 2 aromatic heterocycles. The molecule has 0 bridgehead atoms. The van der Waals surface area contributed by atoms with E-state index in [4.69, 9.17) is 0 Å². The minimum absolute atomic E-state index is 0.0677. The number of rotatable bonds is 3. The number of hydrogen-bond donors (Lipinski definition) is 2. The Hall–Kier alpha value is -2.00. The molecule has 0 radical (unpaired) electrons. The summed E-state index contributed by atoms with van der Waals surface area (Å²) in [6, 6.07) is 2.65. The lowest BCUT2D eigenvalue weighted by Crippen LogP contribution is -2.18. The van der Waals surface area contributed by atoms with Crippen molar-refractivity contribution in [2.24, 2.45) is 0 Å². The number of nitrogens with one attached hydrogen (secondary N) is 2. The zero-order valence-corrected chi connectivity index (χ0v) is 12.5. The minimum Gasteiger partial charge on any atom is -0.326 e. The van der Waals surface area contributed by atoms with Gasteiger partial charge in [-0.1, -0.05) is 0 Å². The van der Waals surface area contributed by atoms with Gasteiger partial charge in [0.25, 0.3) is 17.2 Å². The van der Waals surface area contributed by atoms with Gasteiger partial charge >= 0.3 is 0 Å². The van der Waals surface area contributed by atoms with Gasteiger partial charge in [-0.25, -0.2) is 0 Å². The molecule has 2 N–H and O–H groups in total. The third-order valence-electron chi connectivity index (χ3n) is 2.43. The summed E-state index contributed by atoms with van der Waals surface area (Å²) in [6.07, 6.45) is 1.44. The molecule has 2 rings (SSSR count). The molecule has 0 saturated heterocycles. The highest BCUT2D eigenvalue weighted by Crippen LogP contribution is 2.28. The van der Waals surface area contributed by atoms with E-state index in [9.17, 15) is 19.7 Å². The molecule has 1 amide bonds. The molecule has 7 nitrogen and oxygen atoms in total. The summed E-state index contributed by atoms with van der Waals surface area (Å²) in [7, 11) is 0. The zero-order valence-electron chi connectivity index (χ0n) is 10.1. The van der Waals surface area contributed by atoms with Crippen LogP contribution in [0.25, 0.3) is 0 Å². The molecule has 0 fully saturated rings. The van der Waals surface area contributed by atoms with Gasteiger partial charge in [0, 0.05) is 16.7 Å². The van der Waals surface area contributed by atoms with Crippen molar-refractivity contribution in [3.8, 4) is 0 Å². The van der Waals surface area contributed by atoms with Crippen LogP contribution in [0.4, 0.5) is 11.4 Å². The zero-order chi connectivity index (χ0) is 14.9. The molecule has 0 unspecified atom stereocenters. The number of amides is 1. The number of anilines is 1. The van der Waals surface area contributed by atoms with Crippen molar-refractivity contribution >= 4 is 44.5 Å². The first kappa shape index (κ1) is 14.4. The molecular weight excluding hydrogens is 350 g/mol. The molecule has 2 aromatic rings. The molecule has 0 spiro atoms. The van der Waals surface area contributed by atoms with Crippen molar-refractivity contribution in [2.45, 2.75) is 6.92 Å². The number of nitro groups is 1. The molecule has 0 atom stereocenters. The van der Waals surface area contributed by atoms with E-state index in [2.05, 4.69) is 26.2 Å². The Bertz CT molecular complexity index is 752. The monoisotopic (exact) mass is 357 g/mol. The number of aryl methyl sites for hydroxylation is 1. The van der Waals surface area contributed by atoms with E-state index in [1.807, 2.05) is 0 Å². The van der Waals surface area contributed by atoms with Crippen LogP contribution in [-0.4, -0.2) is 15.8 Å². The molecule has 0 aliphatic rings. The van der Waals surface area contributed by atoms with E-state index in [0.717, 1.165) is 11.3 Å². The first-order valence-corrected chi connectivity index (χ1v) is 6.94. The quantitative estimate of drug-likeness (QED) is 0.650. The summed E-state index contributed by atoms with van der Waals surface area (Å²) in [6.45, 7) is 1.56. The molecule has 9 heteroatoms. The summed E-state index contributed by atoms with van der Waals surface area (Å²) in [4.78, 5) is 36.7. The molecule has 0 saturated carbocycles. The standard InChI is InChI=1S/C11H8BrN3O4S/c1-5-8(15(18)19)3-9(20-5)11(17)14-7-2-6(12)4-13-10(7)16/h2-4H,1H3,(H,13,16)(H,14,17). The van der Waals surface area contributed by atoms with Crippen molar-refractivity contribution in [3.05, 3.63) is 53.0 Å². The van der Waals surface area contributed by atoms with Gasteiger partial charge in [-0.05, 0) is 28.9 Å². The van der Waals surface area contributed by atoms with E-state index in [1.54, 1.807) is 6.92 Å². The van der Waals surface area contributed by atoms with Crippen molar-refractivity contribution in [1.82, 2.24) is 4.98 Å². The fourth-order valence-corrected chi connectivity index (χ4v) is 2.73. The van der Waals surface area contributed by atoms with E-state index in [1.165, 1.54) is 18.3 Å². The first-order chi connectivity index (χ1) is 9.38. The van der Waals surface area contributed by atoms with Crippen LogP contribution in [-0.2, 0) is 0 Å². The highest BCUT2D eigenvalue weighted by Gasteiger charge is 2.20. The van der Waals surface area contributed by atoms with Crippen LogP contribution in [0, 0.1) is 17.0 Å². The molecule has 0 aliphatic carbocycles. The van der Waals surface area contributed by atoms with Gasteiger partial charge in [0.05, 0.1) is 14.7 Å². The predicted octanol–water partition coefficient (Wildman–Crippen LogP) is 2.67.